The van der Waals surface area contributed by atoms with Crippen molar-refractivity contribution in [2.75, 3.05) is 26.2 Å². The topological polar surface area (TPSA) is 35.5 Å². The van der Waals surface area contributed by atoms with Gasteiger partial charge in [0, 0.05) is 26.2 Å². The number of piperazine rings is 1. The first-order valence-electron chi connectivity index (χ1n) is 5.79. The minimum Gasteiger partial charge on any atom is -0.508 e. The lowest BCUT2D eigenvalue weighted by molar-refractivity contribution is -0.187. The van der Waals surface area contributed by atoms with Crippen LogP contribution < -0.4 is 5.32 Å². The Labute approximate surface area is 103 Å². The Morgan fingerprint density at radius 2 is 1.89 bits per heavy atom. The second kappa shape index (κ2) is 5.16. The van der Waals surface area contributed by atoms with Crippen LogP contribution in [0.1, 0.15) is 11.6 Å². The summed E-state index contributed by atoms with van der Waals surface area (Å²) in [5, 5.41) is 12.4. The molecular formula is C12H15F3N2O. The molecule has 18 heavy (non-hydrogen) atoms. The minimum absolute atomic E-state index is 0.0874. The summed E-state index contributed by atoms with van der Waals surface area (Å²) in [5.74, 6) is -0.142. The summed E-state index contributed by atoms with van der Waals surface area (Å²) in [4.78, 5) is 1.39. The summed E-state index contributed by atoms with van der Waals surface area (Å²) in [6, 6.07) is 3.74. The summed E-state index contributed by atoms with van der Waals surface area (Å²) in [6.45, 7) is 1.79. The van der Waals surface area contributed by atoms with Crippen molar-refractivity contribution in [2.45, 2.75) is 12.2 Å². The monoisotopic (exact) mass is 260 g/mol. The predicted octanol–water partition coefficient (Wildman–Crippen LogP) is 1.90. The van der Waals surface area contributed by atoms with E-state index in [4.69, 9.17) is 0 Å². The lowest BCUT2D eigenvalue weighted by Crippen LogP contribution is -2.49. The Morgan fingerprint density at radius 3 is 2.44 bits per heavy atom. The molecule has 0 spiro atoms. The number of phenols is 1. The molecule has 1 saturated heterocycles. The summed E-state index contributed by atoms with van der Waals surface area (Å²) in [7, 11) is 0. The van der Waals surface area contributed by atoms with Crippen molar-refractivity contribution in [1.29, 1.82) is 0 Å². The van der Waals surface area contributed by atoms with Gasteiger partial charge in [-0.05, 0) is 17.7 Å². The van der Waals surface area contributed by atoms with Gasteiger partial charge in [-0.2, -0.15) is 13.2 Å². The van der Waals surface area contributed by atoms with Crippen molar-refractivity contribution in [3.8, 4) is 5.75 Å². The van der Waals surface area contributed by atoms with Crippen LogP contribution in [0.5, 0.6) is 5.75 Å². The molecule has 0 amide bonds. The van der Waals surface area contributed by atoms with Gasteiger partial charge < -0.3 is 10.4 Å². The number of nitrogens with zero attached hydrogens (tertiary/aromatic N) is 1. The van der Waals surface area contributed by atoms with Gasteiger partial charge in [-0.1, -0.05) is 12.1 Å². The van der Waals surface area contributed by atoms with Crippen molar-refractivity contribution in [2.24, 2.45) is 0 Å². The average molecular weight is 260 g/mol. The largest absolute Gasteiger partial charge is 0.508 e. The zero-order valence-corrected chi connectivity index (χ0v) is 9.74. The van der Waals surface area contributed by atoms with Crippen LogP contribution >= 0.6 is 0 Å². The second-order valence-electron chi connectivity index (χ2n) is 4.33. The SMILES string of the molecule is Oc1cccc([C@H](N2CCNCC2)C(F)(F)F)c1. The van der Waals surface area contributed by atoms with E-state index in [1.807, 2.05) is 0 Å². The van der Waals surface area contributed by atoms with E-state index in [9.17, 15) is 18.3 Å². The van der Waals surface area contributed by atoms with Crippen molar-refractivity contribution in [3.63, 3.8) is 0 Å². The normalized spacial score (nSPS) is 19.7. The van der Waals surface area contributed by atoms with Crippen LogP contribution in [0, 0.1) is 0 Å². The Bertz CT molecular complexity index is 403. The fraction of sp³-hybridized carbons (Fsp3) is 0.500. The fourth-order valence-corrected chi connectivity index (χ4v) is 2.24. The molecule has 0 aromatic heterocycles. The van der Waals surface area contributed by atoms with E-state index in [0.717, 1.165) is 0 Å². The quantitative estimate of drug-likeness (QED) is 0.852. The van der Waals surface area contributed by atoms with Crippen molar-refractivity contribution in [1.82, 2.24) is 10.2 Å². The van der Waals surface area contributed by atoms with Crippen LogP contribution in [0.3, 0.4) is 0 Å². The van der Waals surface area contributed by atoms with Crippen LogP contribution in [-0.4, -0.2) is 42.4 Å². The van der Waals surface area contributed by atoms with E-state index < -0.39 is 12.2 Å². The molecule has 1 aromatic carbocycles. The Hall–Kier alpha value is -1.27. The molecule has 2 rings (SSSR count). The highest BCUT2D eigenvalue weighted by Gasteiger charge is 2.44. The molecular weight excluding hydrogens is 245 g/mol. The first-order chi connectivity index (χ1) is 8.48. The molecule has 0 unspecified atom stereocenters. The maximum absolute atomic E-state index is 13.2. The van der Waals surface area contributed by atoms with Gasteiger partial charge in [-0.3, -0.25) is 4.90 Å². The van der Waals surface area contributed by atoms with Gasteiger partial charge >= 0.3 is 6.18 Å². The van der Waals surface area contributed by atoms with Gasteiger partial charge in [-0.15, -0.1) is 0 Å². The predicted molar refractivity (Wildman–Crippen MR) is 61.3 cm³/mol. The molecule has 0 radical (unpaired) electrons. The summed E-state index contributed by atoms with van der Waals surface area (Å²) < 4.78 is 39.5. The molecule has 1 aliphatic heterocycles. The van der Waals surface area contributed by atoms with E-state index in [1.165, 1.54) is 29.2 Å². The number of hydrogen-bond acceptors (Lipinski definition) is 3. The number of benzene rings is 1. The Balaban J connectivity index is 2.30. The third-order valence-corrected chi connectivity index (χ3v) is 3.01. The molecule has 0 bridgehead atoms. The van der Waals surface area contributed by atoms with Gasteiger partial charge in [-0.25, -0.2) is 0 Å². The maximum Gasteiger partial charge on any atom is 0.408 e. The molecule has 0 saturated carbocycles. The summed E-state index contributed by atoms with van der Waals surface area (Å²) >= 11 is 0. The summed E-state index contributed by atoms with van der Waals surface area (Å²) in [6.07, 6.45) is -4.34. The third-order valence-electron chi connectivity index (χ3n) is 3.01. The zero-order valence-electron chi connectivity index (χ0n) is 9.74. The Morgan fingerprint density at radius 1 is 1.22 bits per heavy atom. The number of halogens is 3. The molecule has 0 aliphatic carbocycles. The van der Waals surface area contributed by atoms with E-state index >= 15 is 0 Å². The van der Waals surface area contributed by atoms with Crippen LogP contribution in [0.2, 0.25) is 0 Å². The van der Waals surface area contributed by atoms with Crippen molar-refractivity contribution in [3.05, 3.63) is 29.8 Å². The highest BCUT2D eigenvalue weighted by molar-refractivity contribution is 5.30. The van der Waals surface area contributed by atoms with Gasteiger partial charge in [0.1, 0.15) is 11.8 Å². The molecule has 3 nitrogen and oxygen atoms in total. The first kappa shape index (κ1) is 13.2. The van der Waals surface area contributed by atoms with Crippen LogP contribution in [-0.2, 0) is 0 Å². The molecule has 6 heteroatoms. The van der Waals surface area contributed by atoms with Gasteiger partial charge in [0.15, 0.2) is 0 Å². The highest BCUT2D eigenvalue weighted by Crippen LogP contribution is 2.38. The van der Waals surface area contributed by atoms with Crippen LogP contribution in [0.15, 0.2) is 24.3 Å². The number of alkyl halides is 3. The van der Waals surface area contributed by atoms with Crippen molar-refractivity contribution >= 4 is 0 Å². The Kier molecular flexibility index (Phi) is 3.77. The van der Waals surface area contributed by atoms with E-state index in [0.29, 0.717) is 26.2 Å². The van der Waals surface area contributed by atoms with E-state index in [2.05, 4.69) is 5.32 Å². The lowest BCUT2D eigenvalue weighted by atomic mass is 10.0. The molecule has 1 aliphatic rings. The van der Waals surface area contributed by atoms with Gasteiger partial charge in [0.05, 0.1) is 0 Å². The van der Waals surface area contributed by atoms with Gasteiger partial charge in [0.2, 0.25) is 0 Å². The highest BCUT2D eigenvalue weighted by atomic mass is 19.4. The maximum atomic E-state index is 13.2. The number of phenolic OH excluding ortho intramolecular Hbond substituents is 1. The van der Waals surface area contributed by atoms with Crippen LogP contribution in [0.4, 0.5) is 13.2 Å². The molecule has 1 aromatic rings. The van der Waals surface area contributed by atoms with E-state index in [-0.39, 0.29) is 11.3 Å². The fourth-order valence-electron chi connectivity index (χ4n) is 2.24. The lowest BCUT2D eigenvalue weighted by Gasteiger charge is -2.36. The molecule has 1 heterocycles. The standard InChI is InChI=1S/C12H15F3N2O/c13-12(14,15)11(17-6-4-16-5-7-17)9-2-1-3-10(18)8-9/h1-3,8,11,16,18H,4-7H2/t11-/m0/s1. The number of rotatable bonds is 2. The zero-order chi connectivity index (χ0) is 13.2. The van der Waals surface area contributed by atoms with Crippen LogP contribution in [0.25, 0.3) is 0 Å². The number of hydrogen-bond donors (Lipinski definition) is 2. The minimum atomic E-state index is -4.34. The smallest absolute Gasteiger partial charge is 0.408 e. The van der Waals surface area contributed by atoms with E-state index in [1.54, 1.807) is 0 Å². The summed E-state index contributed by atoms with van der Waals surface area (Å²) in [5.41, 5.74) is 0.0874. The molecule has 1 atom stereocenters. The average Bonchev–Trinajstić information content (AvgIpc) is 2.28. The second-order valence-corrected chi connectivity index (χ2v) is 4.33. The number of nitrogens with one attached hydrogen (secondary N) is 1. The molecule has 100 valence electrons. The van der Waals surface area contributed by atoms with Crippen molar-refractivity contribution < 1.29 is 18.3 Å². The molecule has 1 fully saturated rings. The molecule has 2 N–H and O–H groups in total. The third kappa shape index (κ3) is 2.94. The number of aromatic hydroxyl groups is 1. The van der Waals surface area contributed by atoms with Gasteiger partial charge in [0.25, 0.3) is 0 Å². The first-order valence-corrected chi connectivity index (χ1v) is 5.79.